The van der Waals surface area contributed by atoms with Gasteiger partial charge in [-0.2, -0.15) is 4.31 Å². The smallest absolute Gasteiger partial charge is 0.251 e. The summed E-state index contributed by atoms with van der Waals surface area (Å²) in [5.74, 6) is 0.490. The molecular weight excluding hydrogens is 444 g/mol. The SMILES string of the molecule is COc1ccc(C(=O)N[C@H](c2nc3ccccc3[nH]2)C(C)C)cc1S(=O)(=O)N1CCOCC1. The molecule has 1 aromatic heterocycles. The number of sulfonamides is 1. The number of aromatic amines is 1. The summed E-state index contributed by atoms with van der Waals surface area (Å²) < 4.78 is 38.4. The van der Waals surface area contributed by atoms with Crippen LogP contribution >= 0.6 is 0 Å². The van der Waals surface area contributed by atoms with E-state index >= 15 is 0 Å². The maximum absolute atomic E-state index is 13.2. The molecule has 0 saturated carbocycles. The average molecular weight is 473 g/mol. The molecule has 0 bridgehead atoms. The van der Waals surface area contributed by atoms with Gasteiger partial charge in [-0.1, -0.05) is 26.0 Å². The zero-order valence-corrected chi connectivity index (χ0v) is 19.7. The number of methoxy groups -OCH3 is 1. The molecule has 3 aromatic rings. The first kappa shape index (κ1) is 23.2. The molecule has 0 spiro atoms. The van der Waals surface area contributed by atoms with Crippen molar-refractivity contribution in [1.82, 2.24) is 19.6 Å². The summed E-state index contributed by atoms with van der Waals surface area (Å²) in [6.45, 7) is 5.14. The highest BCUT2D eigenvalue weighted by molar-refractivity contribution is 7.89. The molecule has 1 amide bonds. The lowest BCUT2D eigenvalue weighted by Crippen LogP contribution is -2.40. The van der Waals surface area contributed by atoms with E-state index in [1.54, 1.807) is 6.07 Å². The number of nitrogens with zero attached hydrogens (tertiary/aromatic N) is 2. The van der Waals surface area contributed by atoms with Crippen molar-refractivity contribution in [2.75, 3.05) is 33.4 Å². The Hall–Kier alpha value is -2.95. The Balaban J connectivity index is 1.63. The van der Waals surface area contributed by atoms with Gasteiger partial charge in [0.15, 0.2) is 0 Å². The molecule has 2 heterocycles. The number of morpholine rings is 1. The lowest BCUT2D eigenvalue weighted by Gasteiger charge is -2.27. The predicted octanol–water partition coefficient (Wildman–Crippen LogP) is 2.72. The number of carbonyl (C=O) groups excluding carboxylic acids is 1. The Morgan fingerprint density at radius 3 is 2.58 bits per heavy atom. The highest BCUT2D eigenvalue weighted by Gasteiger charge is 2.30. The molecule has 1 fully saturated rings. The number of carbonyl (C=O) groups is 1. The van der Waals surface area contributed by atoms with Gasteiger partial charge < -0.3 is 19.8 Å². The molecule has 1 aliphatic rings. The second-order valence-corrected chi connectivity index (χ2v) is 10.1. The number of fused-ring (bicyclic) bond motifs is 1. The molecule has 10 heteroatoms. The van der Waals surface area contributed by atoms with Gasteiger partial charge >= 0.3 is 0 Å². The number of rotatable bonds is 7. The Labute approximate surface area is 193 Å². The highest BCUT2D eigenvalue weighted by atomic mass is 32.2. The molecule has 176 valence electrons. The topological polar surface area (TPSA) is 114 Å². The van der Waals surface area contributed by atoms with E-state index in [4.69, 9.17) is 9.47 Å². The number of aromatic nitrogens is 2. The first-order chi connectivity index (χ1) is 15.8. The van der Waals surface area contributed by atoms with Crippen LogP contribution in [-0.4, -0.2) is 62.0 Å². The zero-order valence-electron chi connectivity index (χ0n) is 18.9. The largest absolute Gasteiger partial charge is 0.495 e. The van der Waals surface area contributed by atoms with Crippen LogP contribution in [0.25, 0.3) is 11.0 Å². The number of imidazole rings is 1. The maximum Gasteiger partial charge on any atom is 0.251 e. The minimum Gasteiger partial charge on any atom is -0.495 e. The number of benzene rings is 2. The number of hydrogen-bond donors (Lipinski definition) is 2. The lowest BCUT2D eigenvalue weighted by molar-refractivity contribution is 0.0729. The van der Waals surface area contributed by atoms with Crippen LogP contribution in [0.4, 0.5) is 0 Å². The van der Waals surface area contributed by atoms with Crippen molar-refractivity contribution < 1.29 is 22.7 Å². The average Bonchev–Trinajstić information content (AvgIpc) is 3.26. The molecule has 1 atom stereocenters. The maximum atomic E-state index is 13.2. The second kappa shape index (κ2) is 9.50. The minimum absolute atomic E-state index is 0.0376. The third-order valence-electron chi connectivity index (χ3n) is 5.67. The summed E-state index contributed by atoms with van der Waals surface area (Å²) >= 11 is 0. The molecule has 9 nitrogen and oxygen atoms in total. The van der Waals surface area contributed by atoms with Crippen molar-refractivity contribution in [3.05, 3.63) is 53.9 Å². The lowest BCUT2D eigenvalue weighted by atomic mass is 10.0. The molecule has 33 heavy (non-hydrogen) atoms. The van der Waals surface area contributed by atoms with Gasteiger partial charge in [-0.25, -0.2) is 13.4 Å². The first-order valence-electron chi connectivity index (χ1n) is 10.8. The van der Waals surface area contributed by atoms with Crippen molar-refractivity contribution in [2.24, 2.45) is 5.92 Å². The van der Waals surface area contributed by atoms with Crippen molar-refractivity contribution in [3.8, 4) is 5.75 Å². The summed E-state index contributed by atoms with van der Waals surface area (Å²) in [4.78, 5) is 21.0. The van der Waals surface area contributed by atoms with Gasteiger partial charge in [0, 0.05) is 18.7 Å². The Morgan fingerprint density at radius 2 is 1.91 bits per heavy atom. The van der Waals surface area contributed by atoms with Crippen LogP contribution in [0.2, 0.25) is 0 Å². The van der Waals surface area contributed by atoms with E-state index < -0.39 is 15.9 Å². The first-order valence-corrected chi connectivity index (χ1v) is 12.3. The number of nitrogens with one attached hydrogen (secondary N) is 2. The molecular formula is C23H28N4O5S. The van der Waals surface area contributed by atoms with Gasteiger partial charge in [-0.05, 0) is 36.2 Å². The predicted molar refractivity (Wildman–Crippen MR) is 124 cm³/mol. The quantitative estimate of drug-likeness (QED) is 0.547. The standard InChI is InChI=1S/C23H28N4O5S/c1-15(2)21(22-24-17-6-4-5-7-18(17)25-22)26-23(28)16-8-9-19(31-3)20(14-16)33(29,30)27-10-12-32-13-11-27/h4-9,14-15,21H,10-13H2,1-3H3,(H,24,25)(H,26,28)/t21-/m0/s1. The molecule has 1 saturated heterocycles. The molecule has 0 radical (unpaired) electrons. The van der Waals surface area contributed by atoms with E-state index in [-0.39, 0.29) is 41.3 Å². The van der Waals surface area contributed by atoms with Crippen LogP contribution in [0, 0.1) is 5.92 Å². The zero-order chi connectivity index (χ0) is 23.6. The van der Waals surface area contributed by atoms with E-state index in [1.165, 1.54) is 23.5 Å². The molecule has 0 unspecified atom stereocenters. The fourth-order valence-electron chi connectivity index (χ4n) is 3.84. The minimum atomic E-state index is -3.85. The summed E-state index contributed by atoms with van der Waals surface area (Å²) in [7, 11) is -2.44. The fraction of sp³-hybridized carbons (Fsp3) is 0.391. The number of amides is 1. The van der Waals surface area contributed by atoms with Crippen LogP contribution < -0.4 is 10.1 Å². The fourth-order valence-corrected chi connectivity index (χ4v) is 5.43. The molecule has 4 rings (SSSR count). The molecule has 2 N–H and O–H groups in total. The van der Waals surface area contributed by atoms with Gasteiger partial charge in [-0.3, -0.25) is 4.79 Å². The van der Waals surface area contributed by atoms with Crippen LogP contribution in [-0.2, 0) is 14.8 Å². The summed E-state index contributed by atoms with van der Waals surface area (Å²) in [6.07, 6.45) is 0. The number of para-hydroxylation sites is 2. The van der Waals surface area contributed by atoms with Gasteiger partial charge in [0.05, 0.1) is 37.4 Å². The van der Waals surface area contributed by atoms with Gasteiger partial charge in [0.25, 0.3) is 5.91 Å². The van der Waals surface area contributed by atoms with Crippen LogP contribution in [0.3, 0.4) is 0 Å². The third kappa shape index (κ3) is 4.73. The number of hydrogen-bond acceptors (Lipinski definition) is 6. The summed E-state index contributed by atoms with van der Waals surface area (Å²) in [5.41, 5.74) is 1.93. The van der Waals surface area contributed by atoms with Gasteiger partial charge in [0.2, 0.25) is 10.0 Å². The van der Waals surface area contributed by atoms with E-state index in [0.29, 0.717) is 19.0 Å². The van der Waals surface area contributed by atoms with E-state index in [0.717, 1.165) is 11.0 Å². The summed E-state index contributed by atoms with van der Waals surface area (Å²) in [6, 6.07) is 11.7. The molecule has 0 aliphatic carbocycles. The van der Waals surface area contributed by atoms with Crippen molar-refractivity contribution in [2.45, 2.75) is 24.8 Å². The van der Waals surface area contributed by atoms with Crippen molar-refractivity contribution in [3.63, 3.8) is 0 Å². The van der Waals surface area contributed by atoms with Crippen molar-refractivity contribution in [1.29, 1.82) is 0 Å². The Morgan fingerprint density at radius 1 is 1.18 bits per heavy atom. The monoisotopic (exact) mass is 472 g/mol. The second-order valence-electron chi connectivity index (χ2n) is 8.22. The number of H-pyrrole nitrogens is 1. The molecule has 2 aromatic carbocycles. The third-order valence-corrected chi connectivity index (χ3v) is 7.59. The summed E-state index contributed by atoms with van der Waals surface area (Å²) in [5, 5.41) is 3.00. The molecule has 1 aliphatic heterocycles. The number of ether oxygens (including phenoxy) is 2. The normalized spacial score (nSPS) is 16.1. The highest BCUT2D eigenvalue weighted by Crippen LogP contribution is 2.29. The van der Waals surface area contributed by atoms with Crippen LogP contribution in [0.15, 0.2) is 47.4 Å². The van der Waals surface area contributed by atoms with Crippen LogP contribution in [0.1, 0.15) is 36.1 Å². The van der Waals surface area contributed by atoms with E-state index in [2.05, 4.69) is 15.3 Å². The van der Waals surface area contributed by atoms with Gasteiger partial charge in [0.1, 0.15) is 16.5 Å². The van der Waals surface area contributed by atoms with Crippen molar-refractivity contribution >= 4 is 27.0 Å². The van der Waals surface area contributed by atoms with E-state index in [9.17, 15) is 13.2 Å². The van der Waals surface area contributed by atoms with E-state index in [1.807, 2.05) is 38.1 Å². The van der Waals surface area contributed by atoms with Crippen LogP contribution in [0.5, 0.6) is 5.75 Å². The Kier molecular flexibility index (Phi) is 6.68. The Bertz CT molecular complexity index is 1220. The van der Waals surface area contributed by atoms with Gasteiger partial charge in [-0.15, -0.1) is 0 Å².